The molecular formula is C34H38F2N2O4. The summed E-state index contributed by atoms with van der Waals surface area (Å²) < 4.78 is 48.0. The van der Waals surface area contributed by atoms with Crippen LogP contribution in [0.5, 0.6) is 11.6 Å². The van der Waals surface area contributed by atoms with Crippen molar-refractivity contribution in [3.05, 3.63) is 76.5 Å². The van der Waals surface area contributed by atoms with Gasteiger partial charge in [-0.3, -0.25) is 9.69 Å². The third kappa shape index (κ3) is 5.61. The first-order valence-electron chi connectivity index (χ1n) is 15.0. The van der Waals surface area contributed by atoms with Crippen LogP contribution in [-0.2, 0) is 22.5 Å². The van der Waals surface area contributed by atoms with E-state index in [1.54, 1.807) is 6.07 Å². The fourth-order valence-corrected chi connectivity index (χ4v) is 6.76. The first-order valence-corrected chi connectivity index (χ1v) is 15.0. The Hall–Kier alpha value is -3.52. The summed E-state index contributed by atoms with van der Waals surface area (Å²) >= 11 is 0. The number of ether oxygens (including phenoxy) is 3. The smallest absolute Gasteiger partial charge is 0.309 e. The van der Waals surface area contributed by atoms with Gasteiger partial charge in [0.05, 0.1) is 26.3 Å². The third-order valence-corrected chi connectivity index (χ3v) is 9.17. The average Bonchev–Trinajstić information content (AvgIpc) is 3.72. The summed E-state index contributed by atoms with van der Waals surface area (Å²) in [6, 6.07) is 11.4. The number of likely N-dealkylation sites (tertiary alicyclic amines) is 1. The predicted molar refractivity (Wildman–Crippen MR) is 155 cm³/mol. The number of halogens is 2. The second-order valence-corrected chi connectivity index (χ2v) is 11.9. The third-order valence-electron chi connectivity index (χ3n) is 9.17. The van der Waals surface area contributed by atoms with Gasteiger partial charge in [-0.2, -0.15) is 0 Å². The van der Waals surface area contributed by atoms with E-state index in [-0.39, 0.29) is 35.5 Å². The molecule has 6 nitrogen and oxygen atoms in total. The number of rotatable bonds is 9. The summed E-state index contributed by atoms with van der Waals surface area (Å²) in [7, 11) is 2.90. The molecule has 1 saturated carbocycles. The number of carbonyl (C=O) groups excluding carboxylic acids is 1. The maximum atomic E-state index is 16.2. The first kappa shape index (κ1) is 28.6. The summed E-state index contributed by atoms with van der Waals surface area (Å²) in [5.74, 6) is -0.892. The van der Waals surface area contributed by atoms with Crippen LogP contribution in [0.1, 0.15) is 73.3 Å². The van der Waals surface area contributed by atoms with Gasteiger partial charge >= 0.3 is 5.97 Å². The highest BCUT2D eigenvalue weighted by atomic mass is 19.1. The van der Waals surface area contributed by atoms with Crippen molar-refractivity contribution in [2.45, 2.75) is 64.0 Å². The summed E-state index contributed by atoms with van der Waals surface area (Å²) in [4.78, 5) is 18.8. The summed E-state index contributed by atoms with van der Waals surface area (Å²) in [6.45, 7) is 4.50. The second-order valence-electron chi connectivity index (χ2n) is 11.9. The van der Waals surface area contributed by atoms with E-state index in [1.807, 2.05) is 31.2 Å². The lowest BCUT2D eigenvalue weighted by Gasteiger charge is -2.30. The molecule has 0 N–H and O–H groups in total. The van der Waals surface area contributed by atoms with Crippen LogP contribution < -0.4 is 9.47 Å². The number of aromatic nitrogens is 1. The zero-order chi connectivity index (χ0) is 29.4. The van der Waals surface area contributed by atoms with Crippen LogP contribution >= 0.6 is 0 Å². The highest BCUT2D eigenvalue weighted by Crippen LogP contribution is 2.50. The van der Waals surface area contributed by atoms with E-state index in [9.17, 15) is 4.79 Å². The molecule has 1 saturated heterocycles. The number of methoxy groups -OCH3 is 2. The minimum Gasteiger partial charge on any atom is -0.482 e. The molecule has 2 fully saturated rings. The van der Waals surface area contributed by atoms with E-state index in [1.165, 1.54) is 20.4 Å². The lowest BCUT2D eigenvalue weighted by atomic mass is 9.82. The molecule has 2 aromatic carbocycles. The Labute approximate surface area is 246 Å². The van der Waals surface area contributed by atoms with Crippen LogP contribution in [-0.4, -0.2) is 43.2 Å². The van der Waals surface area contributed by atoms with Crippen molar-refractivity contribution < 1.29 is 27.8 Å². The predicted octanol–water partition coefficient (Wildman–Crippen LogP) is 7.00. The summed E-state index contributed by atoms with van der Waals surface area (Å²) in [6.07, 6.45) is 6.47. The molecule has 3 atom stereocenters. The zero-order valence-electron chi connectivity index (χ0n) is 24.5. The van der Waals surface area contributed by atoms with E-state index in [0.717, 1.165) is 61.0 Å². The van der Waals surface area contributed by atoms with Crippen molar-refractivity contribution in [2.24, 2.45) is 11.8 Å². The van der Waals surface area contributed by atoms with Gasteiger partial charge in [0.2, 0.25) is 5.88 Å². The maximum Gasteiger partial charge on any atom is 0.309 e. The van der Waals surface area contributed by atoms with Gasteiger partial charge in [0.1, 0.15) is 11.9 Å². The first-order chi connectivity index (χ1) is 20.4. The summed E-state index contributed by atoms with van der Waals surface area (Å²) in [5.41, 5.74) is 4.53. The van der Waals surface area contributed by atoms with Crippen LogP contribution in [0, 0.1) is 23.5 Å². The van der Waals surface area contributed by atoms with Crippen molar-refractivity contribution in [1.29, 1.82) is 0 Å². The SMILES string of the molecule is COC(=O)[C@@H](C)[C@H](c1ccc2c(c1F)OC(c1ccc(-c3cc(OC)ncc3F)c(CN3CCCC3)c1)CC2)C1CC1. The molecule has 42 heavy (non-hydrogen) atoms. The molecule has 0 spiro atoms. The average molecular weight is 577 g/mol. The molecule has 0 amide bonds. The van der Waals surface area contributed by atoms with Gasteiger partial charge < -0.3 is 14.2 Å². The molecule has 8 heteroatoms. The molecule has 0 radical (unpaired) electrons. The number of hydrogen-bond donors (Lipinski definition) is 0. The number of fused-ring (bicyclic) bond motifs is 1. The Kier molecular flexibility index (Phi) is 8.17. The second kappa shape index (κ2) is 12.0. The summed E-state index contributed by atoms with van der Waals surface area (Å²) in [5, 5.41) is 0. The van der Waals surface area contributed by atoms with E-state index in [4.69, 9.17) is 14.2 Å². The molecule has 1 aromatic heterocycles. The van der Waals surface area contributed by atoms with E-state index in [2.05, 4.69) is 16.0 Å². The normalized spacial score (nSPS) is 20.0. The van der Waals surface area contributed by atoms with Gasteiger partial charge in [0.15, 0.2) is 11.6 Å². The maximum absolute atomic E-state index is 16.2. The minimum absolute atomic E-state index is 0.245. The molecule has 3 aliphatic rings. The van der Waals surface area contributed by atoms with Crippen LogP contribution in [0.15, 0.2) is 42.6 Å². The topological polar surface area (TPSA) is 60.9 Å². The number of esters is 1. The molecule has 1 unspecified atom stereocenters. The lowest BCUT2D eigenvalue weighted by Crippen LogP contribution is -2.24. The highest BCUT2D eigenvalue weighted by molar-refractivity contribution is 5.73. The van der Waals surface area contributed by atoms with Gasteiger partial charge in [-0.25, -0.2) is 13.8 Å². The van der Waals surface area contributed by atoms with Gasteiger partial charge in [0, 0.05) is 24.1 Å². The number of hydrogen-bond acceptors (Lipinski definition) is 6. The molecule has 1 aliphatic carbocycles. The van der Waals surface area contributed by atoms with Gasteiger partial charge in [-0.1, -0.05) is 37.3 Å². The Balaban J connectivity index is 1.33. The standard InChI is InChI=1S/C34H38F2N2O4/c1-20(34(39)41-3)31(21-6-7-21)26-12-8-22-10-13-29(42-33(22)32(26)36)23-9-11-25(24(16-23)19-38-14-4-5-15-38)27-17-30(40-2)37-18-28(27)35/h8-9,11-12,16-18,20-21,29,31H,4-7,10,13-15,19H2,1-3H3/t20-,29?,31-/m0/s1. The molecular weight excluding hydrogens is 538 g/mol. The van der Waals surface area contributed by atoms with E-state index in [0.29, 0.717) is 36.4 Å². The molecule has 3 heterocycles. The van der Waals surface area contributed by atoms with Gasteiger partial charge in [0.25, 0.3) is 0 Å². The molecule has 3 aromatic rings. The van der Waals surface area contributed by atoms with Gasteiger partial charge in [-0.15, -0.1) is 0 Å². The molecule has 2 aliphatic heterocycles. The number of benzene rings is 2. The van der Waals surface area contributed by atoms with Crippen molar-refractivity contribution in [2.75, 3.05) is 27.3 Å². The van der Waals surface area contributed by atoms with Crippen molar-refractivity contribution >= 4 is 5.97 Å². The Morgan fingerprint density at radius 1 is 1.07 bits per heavy atom. The van der Waals surface area contributed by atoms with Crippen molar-refractivity contribution in [1.82, 2.24) is 9.88 Å². The molecule has 0 bridgehead atoms. The van der Waals surface area contributed by atoms with Gasteiger partial charge in [-0.05, 0) is 85.3 Å². The number of carbonyl (C=O) groups is 1. The Bertz CT molecular complexity index is 1470. The lowest BCUT2D eigenvalue weighted by molar-refractivity contribution is -0.145. The van der Waals surface area contributed by atoms with Crippen molar-refractivity contribution in [3.63, 3.8) is 0 Å². The zero-order valence-corrected chi connectivity index (χ0v) is 24.5. The fraction of sp³-hybridized carbons (Fsp3) is 0.471. The monoisotopic (exact) mass is 576 g/mol. The molecule has 222 valence electrons. The number of aryl methyl sites for hydroxylation is 1. The fourth-order valence-electron chi connectivity index (χ4n) is 6.76. The van der Waals surface area contributed by atoms with Crippen LogP contribution in [0.25, 0.3) is 11.1 Å². The number of nitrogens with zero attached hydrogens (tertiary/aromatic N) is 2. The minimum atomic E-state index is -0.442. The largest absolute Gasteiger partial charge is 0.482 e. The quantitative estimate of drug-likeness (QED) is 0.256. The highest BCUT2D eigenvalue weighted by Gasteiger charge is 2.41. The van der Waals surface area contributed by atoms with Crippen LogP contribution in [0.3, 0.4) is 0 Å². The van der Waals surface area contributed by atoms with E-state index >= 15 is 8.78 Å². The van der Waals surface area contributed by atoms with E-state index < -0.39 is 11.7 Å². The molecule has 6 rings (SSSR count). The number of pyridine rings is 1. The van der Waals surface area contributed by atoms with Crippen LogP contribution in [0.2, 0.25) is 0 Å². The Morgan fingerprint density at radius 3 is 2.57 bits per heavy atom. The Morgan fingerprint density at radius 2 is 1.86 bits per heavy atom. The van der Waals surface area contributed by atoms with Crippen LogP contribution in [0.4, 0.5) is 8.78 Å². The van der Waals surface area contributed by atoms with Crippen molar-refractivity contribution in [3.8, 4) is 22.8 Å².